The normalized spacial score (nSPS) is 16.3. The van der Waals surface area contributed by atoms with Crippen molar-refractivity contribution in [3.8, 4) is 0 Å². The summed E-state index contributed by atoms with van der Waals surface area (Å²) in [6.45, 7) is 11.5. The molecule has 1 aromatic rings. The van der Waals surface area contributed by atoms with Crippen LogP contribution in [-0.2, 0) is 5.75 Å². The molecule has 122 valence electrons. The molecular weight excluding hydrogens is 292 g/mol. The SMILES string of the molecule is CCSCc1ccc(C(=O)N2CCN(CC(C)C)CC2)cc1. The standard InChI is InChI=1S/C18H28N2OS/c1-4-22-14-16-5-7-17(8-6-16)18(21)20-11-9-19(10-12-20)13-15(2)3/h5-8,15H,4,9-14H2,1-3H3. The largest absolute Gasteiger partial charge is 0.336 e. The van der Waals surface area contributed by atoms with Crippen LogP contribution in [0, 0.1) is 5.92 Å². The second-order valence-corrected chi connectivity index (χ2v) is 7.59. The van der Waals surface area contributed by atoms with Crippen molar-refractivity contribution in [2.24, 2.45) is 5.92 Å². The van der Waals surface area contributed by atoms with Crippen LogP contribution in [0.1, 0.15) is 36.7 Å². The summed E-state index contributed by atoms with van der Waals surface area (Å²) in [5, 5.41) is 0. The first kappa shape index (κ1) is 17.4. The van der Waals surface area contributed by atoms with Crippen molar-refractivity contribution < 1.29 is 4.79 Å². The molecule has 1 saturated heterocycles. The van der Waals surface area contributed by atoms with Crippen LogP contribution in [-0.4, -0.2) is 54.2 Å². The average Bonchev–Trinajstić information content (AvgIpc) is 2.53. The number of thioether (sulfide) groups is 1. The van der Waals surface area contributed by atoms with Crippen LogP contribution in [0.5, 0.6) is 0 Å². The van der Waals surface area contributed by atoms with E-state index in [9.17, 15) is 4.79 Å². The first-order valence-electron chi connectivity index (χ1n) is 8.28. The minimum atomic E-state index is 0.180. The van der Waals surface area contributed by atoms with Crippen LogP contribution >= 0.6 is 11.8 Å². The molecule has 1 amide bonds. The molecule has 1 aliphatic heterocycles. The van der Waals surface area contributed by atoms with Crippen LogP contribution in [0.2, 0.25) is 0 Å². The fourth-order valence-electron chi connectivity index (χ4n) is 2.80. The molecule has 3 nitrogen and oxygen atoms in total. The van der Waals surface area contributed by atoms with Crippen LogP contribution in [0.15, 0.2) is 24.3 Å². The van der Waals surface area contributed by atoms with E-state index < -0.39 is 0 Å². The van der Waals surface area contributed by atoms with Gasteiger partial charge in [-0.15, -0.1) is 0 Å². The zero-order valence-corrected chi connectivity index (χ0v) is 14.9. The number of piperazine rings is 1. The lowest BCUT2D eigenvalue weighted by Gasteiger charge is -2.35. The van der Waals surface area contributed by atoms with Crippen LogP contribution in [0.3, 0.4) is 0 Å². The van der Waals surface area contributed by atoms with E-state index in [-0.39, 0.29) is 5.91 Å². The maximum absolute atomic E-state index is 12.6. The summed E-state index contributed by atoms with van der Waals surface area (Å²) in [6, 6.07) is 8.14. The van der Waals surface area contributed by atoms with Gasteiger partial charge in [0.05, 0.1) is 0 Å². The second kappa shape index (κ2) is 8.59. The average molecular weight is 321 g/mol. The van der Waals surface area contributed by atoms with E-state index in [1.807, 2.05) is 28.8 Å². The number of benzene rings is 1. The Hall–Kier alpha value is -1.00. The van der Waals surface area contributed by atoms with E-state index in [2.05, 4.69) is 37.8 Å². The quantitative estimate of drug-likeness (QED) is 0.803. The molecule has 0 bridgehead atoms. The van der Waals surface area contributed by atoms with E-state index in [4.69, 9.17) is 0 Å². The molecule has 0 aliphatic carbocycles. The Morgan fingerprint density at radius 3 is 2.32 bits per heavy atom. The Labute approximate surface area is 139 Å². The molecule has 4 heteroatoms. The summed E-state index contributed by atoms with van der Waals surface area (Å²) in [5.74, 6) is 3.02. The third kappa shape index (κ3) is 5.03. The molecule has 2 rings (SSSR count). The third-order valence-corrected chi connectivity index (χ3v) is 4.90. The lowest BCUT2D eigenvalue weighted by atomic mass is 10.1. The van der Waals surface area contributed by atoms with Gasteiger partial charge in [-0.05, 0) is 29.4 Å². The number of rotatable bonds is 6. The van der Waals surface area contributed by atoms with Crippen molar-refractivity contribution in [2.45, 2.75) is 26.5 Å². The maximum Gasteiger partial charge on any atom is 0.253 e. The highest BCUT2D eigenvalue weighted by atomic mass is 32.2. The molecule has 1 aliphatic rings. The molecule has 0 atom stereocenters. The second-order valence-electron chi connectivity index (χ2n) is 6.32. The van der Waals surface area contributed by atoms with Crippen molar-refractivity contribution >= 4 is 17.7 Å². The van der Waals surface area contributed by atoms with Gasteiger partial charge in [0, 0.05) is 44.0 Å². The molecule has 0 saturated carbocycles. The molecule has 1 heterocycles. The minimum absolute atomic E-state index is 0.180. The Morgan fingerprint density at radius 2 is 1.77 bits per heavy atom. The summed E-state index contributed by atoms with van der Waals surface area (Å²) in [5.41, 5.74) is 2.12. The summed E-state index contributed by atoms with van der Waals surface area (Å²) < 4.78 is 0. The molecule has 0 unspecified atom stereocenters. The first-order chi connectivity index (χ1) is 10.6. The van der Waals surface area contributed by atoms with Gasteiger partial charge in [0.25, 0.3) is 5.91 Å². The van der Waals surface area contributed by atoms with E-state index in [1.54, 1.807) is 0 Å². The summed E-state index contributed by atoms with van der Waals surface area (Å²) in [6.07, 6.45) is 0. The van der Waals surface area contributed by atoms with E-state index >= 15 is 0 Å². The smallest absolute Gasteiger partial charge is 0.253 e. The van der Waals surface area contributed by atoms with E-state index in [0.717, 1.165) is 49.8 Å². The number of carbonyl (C=O) groups is 1. The van der Waals surface area contributed by atoms with E-state index in [1.165, 1.54) is 5.56 Å². The Morgan fingerprint density at radius 1 is 1.14 bits per heavy atom. The molecule has 0 radical (unpaired) electrons. The van der Waals surface area contributed by atoms with Gasteiger partial charge in [0.1, 0.15) is 0 Å². The number of hydrogen-bond donors (Lipinski definition) is 0. The van der Waals surface area contributed by atoms with Gasteiger partial charge >= 0.3 is 0 Å². The van der Waals surface area contributed by atoms with Crippen molar-refractivity contribution in [1.29, 1.82) is 0 Å². The number of amides is 1. The topological polar surface area (TPSA) is 23.6 Å². The van der Waals surface area contributed by atoms with Crippen LogP contribution in [0.4, 0.5) is 0 Å². The number of hydrogen-bond acceptors (Lipinski definition) is 3. The molecule has 1 fully saturated rings. The summed E-state index contributed by atoms with van der Waals surface area (Å²) >= 11 is 1.91. The first-order valence-corrected chi connectivity index (χ1v) is 9.44. The monoisotopic (exact) mass is 320 g/mol. The zero-order valence-electron chi connectivity index (χ0n) is 14.0. The summed E-state index contributed by atoms with van der Waals surface area (Å²) in [7, 11) is 0. The third-order valence-electron chi connectivity index (χ3n) is 3.96. The summed E-state index contributed by atoms with van der Waals surface area (Å²) in [4.78, 5) is 17.0. The Bertz CT molecular complexity index is 464. The molecular formula is C18H28N2OS. The highest BCUT2D eigenvalue weighted by molar-refractivity contribution is 7.98. The van der Waals surface area contributed by atoms with E-state index in [0.29, 0.717) is 5.92 Å². The predicted molar refractivity (Wildman–Crippen MR) is 95.5 cm³/mol. The fraction of sp³-hybridized carbons (Fsp3) is 0.611. The number of carbonyl (C=O) groups excluding carboxylic acids is 1. The highest BCUT2D eigenvalue weighted by Crippen LogP contribution is 2.15. The van der Waals surface area contributed by atoms with Gasteiger partial charge in [-0.1, -0.05) is 32.9 Å². The molecule has 22 heavy (non-hydrogen) atoms. The van der Waals surface area contributed by atoms with Gasteiger partial charge < -0.3 is 4.90 Å². The van der Waals surface area contributed by atoms with Gasteiger partial charge in [0.2, 0.25) is 0 Å². The van der Waals surface area contributed by atoms with Gasteiger partial charge in [-0.3, -0.25) is 9.69 Å². The molecule has 0 N–H and O–H groups in total. The van der Waals surface area contributed by atoms with Gasteiger partial charge in [0.15, 0.2) is 0 Å². The lowest BCUT2D eigenvalue weighted by molar-refractivity contribution is 0.0624. The maximum atomic E-state index is 12.6. The van der Waals surface area contributed by atoms with Crippen molar-refractivity contribution in [3.05, 3.63) is 35.4 Å². The molecule has 0 spiro atoms. The van der Waals surface area contributed by atoms with Gasteiger partial charge in [-0.2, -0.15) is 11.8 Å². The molecule has 0 aromatic heterocycles. The van der Waals surface area contributed by atoms with Crippen molar-refractivity contribution in [3.63, 3.8) is 0 Å². The Kier molecular flexibility index (Phi) is 6.77. The predicted octanol–water partition coefficient (Wildman–Crippen LogP) is 3.35. The highest BCUT2D eigenvalue weighted by Gasteiger charge is 2.22. The lowest BCUT2D eigenvalue weighted by Crippen LogP contribution is -2.49. The van der Waals surface area contributed by atoms with Crippen LogP contribution in [0.25, 0.3) is 0 Å². The van der Waals surface area contributed by atoms with Crippen molar-refractivity contribution in [2.75, 3.05) is 38.5 Å². The minimum Gasteiger partial charge on any atom is -0.336 e. The van der Waals surface area contributed by atoms with Crippen molar-refractivity contribution in [1.82, 2.24) is 9.80 Å². The molecule has 1 aromatic carbocycles. The van der Waals surface area contributed by atoms with Gasteiger partial charge in [-0.25, -0.2) is 0 Å². The number of nitrogens with zero attached hydrogens (tertiary/aromatic N) is 2. The van der Waals surface area contributed by atoms with Crippen LogP contribution < -0.4 is 0 Å². The fourth-order valence-corrected chi connectivity index (χ4v) is 3.43. The zero-order chi connectivity index (χ0) is 15.9. The Balaban J connectivity index is 1.87.